The van der Waals surface area contributed by atoms with Crippen LogP contribution in [0.1, 0.15) is 25.3 Å². The fourth-order valence-electron chi connectivity index (χ4n) is 1.90. The average molecular weight is 228 g/mol. The molecule has 0 unspecified atom stereocenters. The standard InChI is InChI=1S/C14H16N2O/c1-10(2)12-5-4-6-13(14(12)17-3)11-7-15-9-16-8-11/h4-10H,1-3H3. The molecule has 3 heteroatoms. The van der Waals surface area contributed by atoms with Gasteiger partial charge in [0.25, 0.3) is 0 Å². The molecule has 0 saturated heterocycles. The third kappa shape index (κ3) is 2.28. The largest absolute Gasteiger partial charge is 0.496 e. The normalized spacial score (nSPS) is 10.6. The van der Waals surface area contributed by atoms with Gasteiger partial charge in [0.05, 0.1) is 7.11 Å². The molecule has 88 valence electrons. The molecule has 0 atom stereocenters. The highest BCUT2D eigenvalue weighted by Crippen LogP contribution is 2.35. The van der Waals surface area contributed by atoms with Gasteiger partial charge in [0.1, 0.15) is 12.1 Å². The van der Waals surface area contributed by atoms with Crippen LogP contribution in [0.2, 0.25) is 0 Å². The Morgan fingerprint density at radius 2 is 1.82 bits per heavy atom. The molecule has 0 radical (unpaired) electrons. The van der Waals surface area contributed by atoms with Crippen LogP contribution in [0, 0.1) is 0 Å². The van der Waals surface area contributed by atoms with Crippen LogP contribution in [0.4, 0.5) is 0 Å². The van der Waals surface area contributed by atoms with Gasteiger partial charge in [0.2, 0.25) is 0 Å². The second kappa shape index (κ2) is 4.95. The molecule has 3 nitrogen and oxygen atoms in total. The summed E-state index contributed by atoms with van der Waals surface area (Å²) in [6.45, 7) is 4.31. The molecule has 0 amide bonds. The molecule has 2 rings (SSSR count). The lowest BCUT2D eigenvalue weighted by atomic mass is 9.97. The van der Waals surface area contributed by atoms with Crippen LogP contribution in [0.5, 0.6) is 5.75 Å². The van der Waals surface area contributed by atoms with Crippen molar-refractivity contribution in [1.29, 1.82) is 0 Å². The maximum atomic E-state index is 5.54. The Balaban J connectivity index is 2.59. The third-order valence-corrected chi connectivity index (χ3v) is 2.74. The zero-order valence-electron chi connectivity index (χ0n) is 10.3. The second-order valence-electron chi connectivity index (χ2n) is 4.21. The Hall–Kier alpha value is -1.90. The first-order valence-electron chi connectivity index (χ1n) is 5.66. The summed E-state index contributed by atoms with van der Waals surface area (Å²) in [5, 5.41) is 0. The van der Waals surface area contributed by atoms with E-state index in [2.05, 4.69) is 29.9 Å². The van der Waals surface area contributed by atoms with Crippen molar-refractivity contribution in [2.24, 2.45) is 0 Å². The number of hydrogen-bond donors (Lipinski definition) is 0. The summed E-state index contributed by atoms with van der Waals surface area (Å²) in [7, 11) is 1.70. The summed E-state index contributed by atoms with van der Waals surface area (Å²) in [5.41, 5.74) is 3.22. The van der Waals surface area contributed by atoms with Gasteiger partial charge in [0, 0.05) is 23.5 Å². The lowest BCUT2D eigenvalue weighted by Gasteiger charge is -2.15. The highest BCUT2D eigenvalue weighted by Gasteiger charge is 2.13. The molecule has 0 bridgehead atoms. The van der Waals surface area contributed by atoms with Crippen LogP contribution in [-0.2, 0) is 0 Å². The van der Waals surface area contributed by atoms with E-state index in [1.54, 1.807) is 19.5 Å². The molecule has 1 aromatic heterocycles. The van der Waals surface area contributed by atoms with E-state index in [-0.39, 0.29) is 0 Å². The van der Waals surface area contributed by atoms with Crippen molar-refractivity contribution in [3.05, 3.63) is 42.5 Å². The number of para-hydroxylation sites is 1. The second-order valence-corrected chi connectivity index (χ2v) is 4.21. The first-order chi connectivity index (χ1) is 8.24. The molecule has 0 aliphatic heterocycles. The highest BCUT2D eigenvalue weighted by atomic mass is 16.5. The summed E-state index contributed by atoms with van der Waals surface area (Å²) in [5.74, 6) is 1.34. The van der Waals surface area contributed by atoms with E-state index in [0.29, 0.717) is 5.92 Å². The number of rotatable bonds is 3. The fraction of sp³-hybridized carbons (Fsp3) is 0.286. The number of benzene rings is 1. The molecule has 0 saturated carbocycles. The third-order valence-electron chi connectivity index (χ3n) is 2.74. The topological polar surface area (TPSA) is 35.0 Å². The van der Waals surface area contributed by atoms with Crippen molar-refractivity contribution in [2.75, 3.05) is 7.11 Å². The van der Waals surface area contributed by atoms with Gasteiger partial charge < -0.3 is 4.74 Å². The van der Waals surface area contributed by atoms with E-state index in [1.807, 2.05) is 12.1 Å². The van der Waals surface area contributed by atoms with E-state index in [1.165, 1.54) is 11.9 Å². The van der Waals surface area contributed by atoms with Gasteiger partial charge in [-0.2, -0.15) is 0 Å². The molecular formula is C14H16N2O. The minimum absolute atomic E-state index is 0.425. The van der Waals surface area contributed by atoms with Crippen molar-refractivity contribution in [3.8, 4) is 16.9 Å². The number of hydrogen-bond acceptors (Lipinski definition) is 3. The fourth-order valence-corrected chi connectivity index (χ4v) is 1.90. The Kier molecular flexibility index (Phi) is 3.38. The lowest BCUT2D eigenvalue weighted by Crippen LogP contribution is -1.97. The first kappa shape index (κ1) is 11.6. The number of methoxy groups -OCH3 is 1. The van der Waals surface area contributed by atoms with Gasteiger partial charge in [-0.15, -0.1) is 0 Å². The molecule has 0 aliphatic rings. The molecule has 0 aliphatic carbocycles. The number of aromatic nitrogens is 2. The summed E-state index contributed by atoms with van der Waals surface area (Å²) >= 11 is 0. The van der Waals surface area contributed by atoms with E-state index in [9.17, 15) is 0 Å². The Labute approximate surface area is 102 Å². The van der Waals surface area contributed by atoms with Crippen molar-refractivity contribution >= 4 is 0 Å². The maximum Gasteiger partial charge on any atom is 0.130 e. The maximum absolute atomic E-state index is 5.54. The SMILES string of the molecule is COc1c(-c2cncnc2)cccc1C(C)C. The predicted molar refractivity (Wildman–Crippen MR) is 68.1 cm³/mol. The van der Waals surface area contributed by atoms with Crippen LogP contribution in [0.3, 0.4) is 0 Å². The minimum atomic E-state index is 0.425. The van der Waals surface area contributed by atoms with Gasteiger partial charge in [-0.05, 0) is 11.5 Å². The molecule has 0 fully saturated rings. The van der Waals surface area contributed by atoms with Crippen LogP contribution in [0.15, 0.2) is 36.9 Å². The van der Waals surface area contributed by atoms with Crippen LogP contribution in [0.25, 0.3) is 11.1 Å². The van der Waals surface area contributed by atoms with E-state index in [4.69, 9.17) is 4.74 Å². The van der Waals surface area contributed by atoms with Crippen LogP contribution in [-0.4, -0.2) is 17.1 Å². The molecule has 17 heavy (non-hydrogen) atoms. The zero-order valence-corrected chi connectivity index (χ0v) is 10.3. The summed E-state index contributed by atoms with van der Waals surface area (Å²) in [6.07, 6.45) is 5.13. The summed E-state index contributed by atoms with van der Waals surface area (Å²) in [6, 6.07) is 6.17. The average Bonchev–Trinajstić information content (AvgIpc) is 2.38. The zero-order chi connectivity index (χ0) is 12.3. The lowest BCUT2D eigenvalue weighted by molar-refractivity contribution is 0.409. The van der Waals surface area contributed by atoms with Crippen molar-refractivity contribution < 1.29 is 4.74 Å². The Morgan fingerprint density at radius 1 is 1.12 bits per heavy atom. The van der Waals surface area contributed by atoms with Gasteiger partial charge in [0.15, 0.2) is 0 Å². The summed E-state index contributed by atoms with van der Waals surface area (Å²) in [4.78, 5) is 8.09. The molecule has 0 N–H and O–H groups in total. The summed E-state index contributed by atoms with van der Waals surface area (Å²) < 4.78 is 5.54. The van der Waals surface area contributed by atoms with Gasteiger partial charge in [-0.25, -0.2) is 9.97 Å². The first-order valence-corrected chi connectivity index (χ1v) is 5.66. The number of ether oxygens (including phenoxy) is 1. The molecular weight excluding hydrogens is 212 g/mol. The van der Waals surface area contributed by atoms with Gasteiger partial charge >= 0.3 is 0 Å². The Morgan fingerprint density at radius 3 is 2.41 bits per heavy atom. The monoisotopic (exact) mass is 228 g/mol. The molecule has 1 aromatic carbocycles. The van der Waals surface area contributed by atoms with Crippen molar-refractivity contribution in [3.63, 3.8) is 0 Å². The molecule has 0 spiro atoms. The van der Waals surface area contributed by atoms with Crippen molar-refractivity contribution in [1.82, 2.24) is 9.97 Å². The minimum Gasteiger partial charge on any atom is -0.496 e. The smallest absolute Gasteiger partial charge is 0.130 e. The number of nitrogens with zero attached hydrogens (tertiary/aromatic N) is 2. The van der Waals surface area contributed by atoms with Crippen LogP contribution >= 0.6 is 0 Å². The molecule has 2 aromatic rings. The van der Waals surface area contributed by atoms with E-state index in [0.717, 1.165) is 16.9 Å². The highest BCUT2D eigenvalue weighted by molar-refractivity contribution is 5.71. The van der Waals surface area contributed by atoms with Crippen molar-refractivity contribution in [2.45, 2.75) is 19.8 Å². The Bertz CT molecular complexity index is 495. The van der Waals surface area contributed by atoms with Gasteiger partial charge in [-0.1, -0.05) is 32.0 Å². The van der Waals surface area contributed by atoms with E-state index < -0.39 is 0 Å². The van der Waals surface area contributed by atoms with Gasteiger partial charge in [-0.3, -0.25) is 0 Å². The van der Waals surface area contributed by atoms with Crippen LogP contribution < -0.4 is 4.74 Å². The van der Waals surface area contributed by atoms with E-state index >= 15 is 0 Å². The predicted octanol–water partition coefficient (Wildman–Crippen LogP) is 3.28. The molecule has 1 heterocycles. The quantitative estimate of drug-likeness (QED) is 0.808.